The third-order valence-electron chi connectivity index (χ3n) is 4.20. The molecule has 3 rings (SSSR count). The first-order chi connectivity index (χ1) is 9.33. The number of hydrogen-bond acceptors (Lipinski definition) is 4. The number of aromatic nitrogens is 3. The molecule has 1 amide bonds. The largest absolute Gasteiger partial charge is 0.350 e. The highest BCUT2D eigenvalue weighted by Gasteiger charge is 2.21. The Morgan fingerprint density at radius 2 is 2.16 bits per heavy atom. The van der Waals surface area contributed by atoms with Gasteiger partial charge in [-0.25, -0.2) is 4.68 Å². The summed E-state index contributed by atoms with van der Waals surface area (Å²) < 4.78 is 1.85. The van der Waals surface area contributed by atoms with E-state index in [-0.39, 0.29) is 5.91 Å². The van der Waals surface area contributed by atoms with Gasteiger partial charge in [0.25, 0.3) is 5.91 Å². The summed E-state index contributed by atoms with van der Waals surface area (Å²) in [6, 6.07) is 0.377. The highest BCUT2D eigenvalue weighted by atomic mass is 16.2. The fraction of sp³-hybridized carbons (Fsp3) is 0.769. The van der Waals surface area contributed by atoms with Crippen LogP contribution in [0.3, 0.4) is 0 Å². The highest BCUT2D eigenvalue weighted by molar-refractivity contribution is 5.91. The van der Waals surface area contributed by atoms with E-state index in [2.05, 4.69) is 20.9 Å². The van der Waals surface area contributed by atoms with Crippen molar-refractivity contribution in [2.45, 2.75) is 38.1 Å². The Kier molecular flexibility index (Phi) is 3.77. The van der Waals surface area contributed by atoms with Gasteiger partial charge < -0.3 is 10.6 Å². The number of hydrogen-bond donors (Lipinski definition) is 2. The molecule has 1 saturated heterocycles. The van der Waals surface area contributed by atoms with Gasteiger partial charge in [0.05, 0.1) is 12.2 Å². The van der Waals surface area contributed by atoms with E-state index >= 15 is 0 Å². The van der Waals surface area contributed by atoms with Crippen molar-refractivity contribution in [2.24, 2.45) is 5.92 Å². The van der Waals surface area contributed by atoms with Gasteiger partial charge in [-0.3, -0.25) is 4.79 Å². The fourth-order valence-electron chi connectivity index (χ4n) is 2.65. The topological polar surface area (TPSA) is 71.8 Å². The fourth-order valence-corrected chi connectivity index (χ4v) is 2.65. The summed E-state index contributed by atoms with van der Waals surface area (Å²) in [5, 5.41) is 14.4. The first-order valence-corrected chi connectivity index (χ1v) is 7.23. The zero-order valence-corrected chi connectivity index (χ0v) is 11.1. The smallest absolute Gasteiger partial charge is 0.273 e. The zero-order valence-electron chi connectivity index (χ0n) is 11.1. The van der Waals surface area contributed by atoms with Gasteiger partial charge in [-0.15, -0.1) is 5.10 Å². The van der Waals surface area contributed by atoms with E-state index < -0.39 is 0 Å². The Bertz CT molecular complexity index is 434. The summed E-state index contributed by atoms with van der Waals surface area (Å²) in [5.41, 5.74) is 0.442. The Hall–Kier alpha value is -1.43. The molecule has 6 nitrogen and oxygen atoms in total. The van der Waals surface area contributed by atoms with Crippen molar-refractivity contribution < 1.29 is 4.79 Å². The summed E-state index contributed by atoms with van der Waals surface area (Å²) in [5.74, 6) is 0.579. The summed E-state index contributed by atoms with van der Waals surface area (Å²) in [7, 11) is 0. The van der Waals surface area contributed by atoms with Crippen LogP contribution in [0.2, 0.25) is 0 Å². The molecular formula is C13H21N5O. The van der Waals surface area contributed by atoms with Gasteiger partial charge in [-0.05, 0) is 44.7 Å². The maximum atomic E-state index is 11.9. The molecule has 0 radical (unpaired) electrons. The number of rotatable bonds is 4. The van der Waals surface area contributed by atoms with Crippen LogP contribution in [0.25, 0.3) is 0 Å². The Morgan fingerprint density at radius 1 is 1.37 bits per heavy atom. The van der Waals surface area contributed by atoms with Crippen molar-refractivity contribution in [1.29, 1.82) is 0 Å². The second kappa shape index (κ2) is 5.69. The molecule has 0 unspecified atom stereocenters. The van der Waals surface area contributed by atoms with Gasteiger partial charge in [0.2, 0.25) is 0 Å². The quantitative estimate of drug-likeness (QED) is 0.840. The van der Waals surface area contributed by atoms with Crippen LogP contribution < -0.4 is 10.6 Å². The number of carbonyl (C=O) groups is 1. The first kappa shape index (κ1) is 12.6. The average molecular weight is 263 g/mol. The van der Waals surface area contributed by atoms with Crippen LogP contribution in [0.15, 0.2) is 6.20 Å². The average Bonchev–Trinajstić information content (AvgIpc) is 2.87. The minimum absolute atomic E-state index is 0.0907. The molecule has 2 heterocycles. The lowest BCUT2D eigenvalue weighted by molar-refractivity contribution is 0.0934. The molecule has 1 aromatic rings. The SMILES string of the molecule is O=C(NCC1CCC1)c1cn(C2CCNCC2)nn1. The molecule has 19 heavy (non-hydrogen) atoms. The molecule has 1 aliphatic carbocycles. The van der Waals surface area contributed by atoms with Crippen molar-refractivity contribution in [3.63, 3.8) is 0 Å². The maximum absolute atomic E-state index is 11.9. The molecule has 0 aromatic carbocycles. The van der Waals surface area contributed by atoms with E-state index in [1.165, 1.54) is 19.3 Å². The molecule has 1 aromatic heterocycles. The van der Waals surface area contributed by atoms with Crippen LogP contribution in [0.4, 0.5) is 0 Å². The second-order valence-electron chi connectivity index (χ2n) is 5.57. The van der Waals surface area contributed by atoms with Gasteiger partial charge in [0.15, 0.2) is 5.69 Å². The number of piperidine rings is 1. The second-order valence-corrected chi connectivity index (χ2v) is 5.57. The van der Waals surface area contributed by atoms with Gasteiger partial charge in [0, 0.05) is 6.54 Å². The third-order valence-corrected chi connectivity index (χ3v) is 4.20. The van der Waals surface area contributed by atoms with Gasteiger partial charge in [-0.1, -0.05) is 11.6 Å². The maximum Gasteiger partial charge on any atom is 0.273 e. The molecule has 2 fully saturated rings. The number of nitrogens with zero attached hydrogens (tertiary/aromatic N) is 3. The van der Waals surface area contributed by atoms with Crippen molar-refractivity contribution >= 4 is 5.91 Å². The van der Waals surface area contributed by atoms with Crippen LogP contribution in [0.1, 0.15) is 48.6 Å². The summed E-state index contributed by atoms with van der Waals surface area (Å²) in [4.78, 5) is 11.9. The summed E-state index contributed by atoms with van der Waals surface area (Å²) >= 11 is 0. The number of nitrogens with one attached hydrogen (secondary N) is 2. The Morgan fingerprint density at radius 3 is 2.84 bits per heavy atom. The van der Waals surface area contributed by atoms with Crippen LogP contribution in [0.5, 0.6) is 0 Å². The minimum Gasteiger partial charge on any atom is -0.350 e. The molecule has 0 spiro atoms. The van der Waals surface area contributed by atoms with Crippen LogP contribution in [-0.2, 0) is 0 Å². The van der Waals surface area contributed by atoms with Crippen molar-refractivity contribution in [3.05, 3.63) is 11.9 Å². The summed E-state index contributed by atoms with van der Waals surface area (Å²) in [6.45, 7) is 2.79. The molecule has 2 aliphatic rings. The van der Waals surface area contributed by atoms with E-state index in [1.807, 2.05) is 4.68 Å². The lowest BCUT2D eigenvalue weighted by atomic mass is 9.85. The van der Waals surface area contributed by atoms with E-state index in [1.54, 1.807) is 6.20 Å². The molecule has 1 aliphatic heterocycles. The van der Waals surface area contributed by atoms with E-state index in [4.69, 9.17) is 0 Å². The molecule has 0 atom stereocenters. The molecule has 2 N–H and O–H groups in total. The van der Waals surface area contributed by atoms with Crippen LogP contribution in [0, 0.1) is 5.92 Å². The van der Waals surface area contributed by atoms with Gasteiger partial charge in [0.1, 0.15) is 0 Å². The molecule has 0 bridgehead atoms. The number of carbonyl (C=O) groups excluding carboxylic acids is 1. The van der Waals surface area contributed by atoms with E-state index in [0.29, 0.717) is 17.7 Å². The van der Waals surface area contributed by atoms with Crippen LogP contribution in [-0.4, -0.2) is 40.5 Å². The van der Waals surface area contributed by atoms with E-state index in [0.717, 1.165) is 32.5 Å². The lowest BCUT2D eigenvalue weighted by Crippen LogP contribution is -2.32. The third kappa shape index (κ3) is 2.94. The van der Waals surface area contributed by atoms with Crippen molar-refractivity contribution in [3.8, 4) is 0 Å². The predicted octanol–water partition coefficient (Wildman–Crippen LogP) is 0.732. The zero-order chi connectivity index (χ0) is 13.1. The first-order valence-electron chi connectivity index (χ1n) is 7.23. The summed E-state index contributed by atoms with van der Waals surface area (Å²) in [6.07, 6.45) is 7.65. The molecule has 104 valence electrons. The molecular weight excluding hydrogens is 242 g/mol. The number of amides is 1. The van der Waals surface area contributed by atoms with E-state index in [9.17, 15) is 4.79 Å². The van der Waals surface area contributed by atoms with Crippen molar-refractivity contribution in [1.82, 2.24) is 25.6 Å². The van der Waals surface area contributed by atoms with Crippen LogP contribution >= 0.6 is 0 Å². The predicted molar refractivity (Wildman–Crippen MR) is 70.8 cm³/mol. The molecule has 6 heteroatoms. The molecule has 1 saturated carbocycles. The van der Waals surface area contributed by atoms with Gasteiger partial charge >= 0.3 is 0 Å². The minimum atomic E-state index is -0.0907. The standard InChI is InChI=1S/C13H21N5O/c19-13(15-8-10-2-1-3-10)12-9-18(17-16-12)11-4-6-14-7-5-11/h9-11,14H,1-8H2,(H,15,19). The Balaban J connectivity index is 1.55. The monoisotopic (exact) mass is 263 g/mol. The highest BCUT2D eigenvalue weighted by Crippen LogP contribution is 2.25. The lowest BCUT2D eigenvalue weighted by Gasteiger charge is -2.25. The van der Waals surface area contributed by atoms with Gasteiger partial charge in [-0.2, -0.15) is 0 Å². The normalized spacial score (nSPS) is 21.1. The van der Waals surface area contributed by atoms with Crippen molar-refractivity contribution in [2.75, 3.05) is 19.6 Å². The Labute approximate surface area is 112 Å².